The Morgan fingerprint density at radius 1 is 1.25 bits per heavy atom. The van der Waals surface area contributed by atoms with Crippen molar-refractivity contribution in [3.63, 3.8) is 0 Å². The van der Waals surface area contributed by atoms with Gasteiger partial charge in [-0.2, -0.15) is 4.98 Å². The van der Waals surface area contributed by atoms with E-state index in [0.29, 0.717) is 24.2 Å². The van der Waals surface area contributed by atoms with Crippen molar-refractivity contribution in [2.75, 3.05) is 13.6 Å². The van der Waals surface area contributed by atoms with E-state index < -0.39 is 0 Å². The molecule has 1 heterocycles. The molecule has 1 unspecified atom stereocenters. The summed E-state index contributed by atoms with van der Waals surface area (Å²) in [6.07, 6.45) is 4.97. The van der Waals surface area contributed by atoms with Crippen molar-refractivity contribution in [1.29, 1.82) is 0 Å². The Morgan fingerprint density at radius 2 is 1.96 bits per heavy atom. The predicted molar refractivity (Wildman–Crippen MR) is 110 cm³/mol. The summed E-state index contributed by atoms with van der Waals surface area (Å²) in [6.45, 7) is 12.1. The van der Waals surface area contributed by atoms with Gasteiger partial charge in [0.25, 0.3) is 0 Å². The van der Waals surface area contributed by atoms with Crippen molar-refractivity contribution < 1.29 is 4.52 Å². The molecule has 0 spiro atoms. The van der Waals surface area contributed by atoms with E-state index in [-0.39, 0.29) is 29.4 Å². The molecule has 1 rings (SSSR count). The zero-order valence-electron chi connectivity index (χ0n) is 16.0. The van der Waals surface area contributed by atoms with Gasteiger partial charge >= 0.3 is 0 Å². The third-order valence-corrected chi connectivity index (χ3v) is 3.85. The molecule has 6 nitrogen and oxygen atoms in total. The Bertz CT molecular complexity index is 482. The Balaban J connectivity index is 0.00000529. The van der Waals surface area contributed by atoms with Crippen LogP contribution >= 0.6 is 24.0 Å². The minimum absolute atomic E-state index is 0. The summed E-state index contributed by atoms with van der Waals surface area (Å²) >= 11 is 0. The van der Waals surface area contributed by atoms with Crippen LogP contribution in [0.2, 0.25) is 0 Å². The number of aliphatic imine (C=N–C) groups is 1. The lowest BCUT2D eigenvalue weighted by Crippen LogP contribution is -2.39. The maximum absolute atomic E-state index is 5.29. The fourth-order valence-corrected chi connectivity index (χ4v) is 2.20. The van der Waals surface area contributed by atoms with Crippen molar-refractivity contribution >= 4 is 29.9 Å². The molecular formula is C17H34IN5O. The van der Waals surface area contributed by atoms with Gasteiger partial charge in [-0.25, -0.2) is 0 Å². The van der Waals surface area contributed by atoms with Gasteiger partial charge in [-0.05, 0) is 12.3 Å². The molecule has 0 saturated heterocycles. The van der Waals surface area contributed by atoms with E-state index >= 15 is 0 Å². The third-order valence-electron chi connectivity index (χ3n) is 3.85. The van der Waals surface area contributed by atoms with Gasteiger partial charge in [0.05, 0.1) is 6.54 Å². The number of halogens is 1. The minimum atomic E-state index is -0.126. The van der Waals surface area contributed by atoms with Gasteiger partial charge in [-0.1, -0.05) is 59.0 Å². The zero-order chi connectivity index (χ0) is 17.3. The molecule has 140 valence electrons. The Hall–Kier alpha value is -0.860. The molecule has 0 aliphatic heterocycles. The van der Waals surface area contributed by atoms with Crippen LogP contribution < -0.4 is 10.6 Å². The van der Waals surface area contributed by atoms with E-state index in [1.165, 1.54) is 25.7 Å². The lowest BCUT2D eigenvalue weighted by atomic mass is 9.97. The molecule has 0 aromatic carbocycles. The average Bonchev–Trinajstić information content (AvgIpc) is 2.99. The highest BCUT2D eigenvalue weighted by atomic mass is 127. The van der Waals surface area contributed by atoms with Crippen molar-refractivity contribution in [2.45, 2.75) is 72.3 Å². The highest BCUT2D eigenvalue weighted by molar-refractivity contribution is 14.0. The van der Waals surface area contributed by atoms with Gasteiger partial charge in [0.15, 0.2) is 11.8 Å². The minimum Gasteiger partial charge on any atom is -0.356 e. The standard InChI is InChI=1S/C17H33N5O.HI/c1-7-9-10-13(8-2)11-19-16(18-6)20-12-14-21-15(23-22-14)17(3,4)5;/h13H,7-12H2,1-6H3,(H2,18,19,20);1H. The van der Waals surface area contributed by atoms with Crippen LogP contribution in [0.15, 0.2) is 9.52 Å². The second-order valence-corrected chi connectivity index (χ2v) is 6.99. The highest BCUT2D eigenvalue weighted by Crippen LogP contribution is 2.19. The summed E-state index contributed by atoms with van der Waals surface area (Å²) in [7, 11) is 1.78. The number of unbranched alkanes of at least 4 members (excludes halogenated alkanes) is 1. The molecule has 1 aromatic heterocycles. The first-order valence-corrected chi connectivity index (χ1v) is 8.68. The van der Waals surface area contributed by atoms with Gasteiger partial charge in [0.1, 0.15) is 0 Å². The summed E-state index contributed by atoms with van der Waals surface area (Å²) in [5.74, 6) is 2.77. The van der Waals surface area contributed by atoms with Crippen molar-refractivity contribution in [3.8, 4) is 0 Å². The third kappa shape index (κ3) is 8.30. The molecule has 0 saturated carbocycles. The van der Waals surface area contributed by atoms with E-state index in [1.54, 1.807) is 7.05 Å². The molecule has 24 heavy (non-hydrogen) atoms. The molecule has 0 amide bonds. The number of guanidine groups is 1. The van der Waals surface area contributed by atoms with Gasteiger partial charge in [-0.3, -0.25) is 4.99 Å². The highest BCUT2D eigenvalue weighted by Gasteiger charge is 2.21. The molecule has 0 bridgehead atoms. The monoisotopic (exact) mass is 451 g/mol. The molecule has 1 aromatic rings. The Kier molecular flexibility index (Phi) is 11.2. The summed E-state index contributed by atoms with van der Waals surface area (Å²) in [5, 5.41) is 10.6. The van der Waals surface area contributed by atoms with Crippen LogP contribution in [0.1, 0.15) is 72.0 Å². The van der Waals surface area contributed by atoms with Gasteiger partial charge in [-0.15, -0.1) is 24.0 Å². The van der Waals surface area contributed by atoms with Crippen LogP contribution in [-0.4, -0.2) is 29.7 Å². The first-order chi connectivity index (χ1) is 10.9. The molecular weight excluding hydrogens is 417 g/mol. The molecule has 0 fully saturated rings. The Labute approximate surface area is 163 Å². The van der Waals surface area contributed by atoms with Crippen LogP contribution in [0.25, 0.3) is 0 Å². The fourth-order valence-electron chi connectivity index (χ4n) is 2.20. The smallest absolute Gasteiger partial charge is 0.232 e. The second kappa shape index (κ2) is 11.7. The van der Waals surface area contributed by atoms with Crippen molar-refractivity contribution in [2.24, 2.45) is 10.9 Å². The van der Waals surface area contributed by atoms with Crippen LogP contribution in [-0.2, 0) is 12.0 Å². The van der Waals surface area contributed by atoms with E-state index in [0.717, 1.165) is 12.5 Å². The second-order valence-electron chi connectivity index (χ2n) is 6.99. The summed E-state index contributed by atoms with van der Waals surface area (Å²) in [5.41, 5.74) is -0.126. The van der Waals surface area contributed by atoms with Crippen LogP contribution in [0.4, 0.5) is 0 Å². The summed E-state index contributed by atoms with van der Waals surface area (Å²) < 4.78 is 5.29. The lowest BCUT2D eigenvalue weighted by molar-refractivity contribution is 0.318. The molecule has 0 aliphatic rings. The first kappa shape index (κ1) is 23.1. The van der Waals surface area contributed by atoms with Crippen LogP contribution in [0.3, 0.4) is 0 Å². The number of nitrogens with one attached hydrogen (secondary N) is 2. The number of hydrogen-bond donors (Lipinski definition) is 2. The maximum Gasteiger partial charge on any atom is 0.232 e. The largest absolute Gasteiger partial charge is 0.356 e. The van der Waals surface area contributed by atoms with Gasteiger partial charge in [0, 0.05) is 19.0 Å². The van der Waals surface area contributed by atoms with Crippen molar-refractivity contribution in [3.05, 3.63) is 11.7 Å². The Morgan fingerprint density at radius 3 is 2.46 bits per heavy atom. The summed E-state index contributed by atoms with van der Waals surface area (Å²) in [4.78, 5) is 8.67. The predicted octanol–water partition coefficient (Wildman–Crippen LogP) is 3.87. The van der Waals surface area contributed by atoms with Crippen LogP contribution in [0, 0.1) is 5.92 Å². The quantitative estimate of drug-likeness (QED) is 0.357. The van der Waals surface area contributed by atoms with E-state index in [2.05, 4.69) is 60.4 Å². The molecule has 0 aliphatic carbocycles. The number of hydrogen-bond acceptors (Lipinski definition) is 4. The zero-order valence-corrected chi connectivity index (χ0v) is 18.3. The molecule has 2 N–H and O–H groups in total. The van der Waals surface area contributed by atoms with E-state index in [9.17, 15) is 0 Å². The SMILES string of the molecule is CCCCC(CC)CNC(=NC)NCc1noc(C(C)(C)C)n1.I. The number of nitrogens with zero attached hydrogens (tertiary/aromatic N) is 3. The lowest BCUT2D eigenvalue weighted by Gasteiger charge is -2.17. The fraction of sp³-hybridized carbons (Fsp3) is 0.824. The van der Waals surface area contributed by atoms with Gasteiger partial charge in [0.2, 0.25) is 5.89 Å². The molecule has 0 radical (unpaired) electrons. The normalized spacial score (nSPS) is 13.3. The average molecular weight is 451 g/mol. The van der Waals surface area contributed by atoms with E-state index in [4.69, 9.17) is 4.52 Å². The van der Waals surface area contributed by atoms with Crippen molar-refractivity contribution in [1.82, 2.24) is 20.8 Å². The first-order valence-electron chi connectivity index (χ1n) is 8.68. The number of aromatic nitrogens is 2. The maximum atomic E-state index is 5.29. The van der Waals surface area contributed by atoms with Gasteiger partial charge < -0.3 is 15.2 Å². The number of rotatable bonds is 8. The van der Waals surface area contributed by atoms with E-state index in [1.807, 2.05) is 0 Å². The van der Waals surface area contributed by atoms with Crippen LogP contribution in [0.5, 0.6) is 0 Å². The molecule has 7 heteroatoms. The summed E-state index contributed by atoms with van der Waals surface area (Å²) in [6, 6.07) is 0. The molecule has 1 atom stereocenters. The topological polar surface area (TPSA) is 75.3 Å².